The summed E-state index contributed by atoms with van der Waals surface area (Å²) < 4.78 is 1.07. The van der Waals surface area contributed by atoms with Gasteiger partial charge in [0, 0.05) is 10.5 Å². The molecule has 2 unspecified atom stereocenters. The number of aliphatic hydroxyl groups is 1. The number of hydrogen-bond donors (Lipinski definition) is 2. The van der Waals surface area contributed by atoms with E-state index in [1.807, 2.05) is 18.2 Å². The van der Waals surface area contributed by atoms with Gasteiger partial charge in [-0.05, 0) is 37.1 Å². The fourth-order valence-electron chi connectivity index (χ4n) is 1.69. The van der Waals surface area contributed by atoms with Crippen molar-refractivity contribution in [1.82, 2.24) is 5.32 Å². The highest BCUT2D eigenvalue weighted by molar-refractivity contribution is 9.10. The third kappa shape index (κ3) is 2.35. The summed E-state index contributed by atoms with van der Waals surface area (Å²) in [7, 11) is 0. The Morgan fingerprint density at radius 2 is 2.36 bits per heavy atom. The van der Waals surface area contributed by atoms with Gasteiger partial charge >= 0.3 is 0 Å². The highest BCUT2D eigenvalue weighted by Crippen LogP contribution is 2.16. The molecular formula is C11H14BrNO. The number of benzene rings is 1. The number of rotatable bonds is 3. The molecule has 2 nitrogen and oxygen atoms in total. The van der Waals surface area contributed by atoms with Crippen LogP contribution in [-0.2, 0) is 6.42 Å². The summed E-state index contributed by atoms with van der Waals surface area (Å²) >= 11 is 3.42. The zero-order valence-corrected chi connectivity index (χ0v) is 9.50. The van der Waals surface area contributed by atoms with Gasteiger partial charge in [-0.15, -0.1) is 0 Å². The molecule has 0 aromatic heterocycles. The fraction of sp³-hybridized carbons (Fsp3) is 0.455. The Labute approximate surface area is 92.5 Å². The van der Waals surface area contributed by atoms with E-state index in [1.54, 1.807) is 0 Å². The first kappa shape index (κ1) is 10.1. The van der Waals surface area contributed by atoms with Gasteiger partial charge in [-0.3, -0.25) is 0 Å². The van der Waals surface area contributed by atoms with E-state index in [4.69, 9.17) is 0 Å². The van der Waals surface area contributed by atoms with E-state index in [-0.39, 0.29) is 6.10 Å². The SMILES string of the molecule is OC(Cc1cccc(Br)c1)C1CCN1. The number of aliphatic hydroxyl groups excluding tert-OH is 1. The molecule has 0 amide bonds. The molecule has 1 fully saturated rings. The first-order valence-corrected chi connectivity index (χ1v) is 5.71. The fourth-order valence-corrected chi connectivity index (χ4v) is 2.13. The van der Waals surface area contributed by atoms with Gasteiger partial charge in [0.25, 0.3) is 0 Å². The second-order valence-corrected chi connectivity index (χ2v) is 4.67. The lowest BCUT2D eigenvalue weighted by molar-refractivity contribution is 0.0956. The minimum atomic E-state index is -0.252. The van der Waals surface area contributed by atoms with Gasteiger partial charge in [0.2, 0.25) is 0 Å². The molecule has 0 spiro atoms. The summed E-state index contributed by atoms with van der Waals surface area (Å²) in [6, 6.07) is 8.40. The van der Waals surface area contributed by atoms with Crippen molar-refractivity contribution in [3.8, 4) is 0 Å². The zero-order chi connectivity index (χ0) is 9.97. The van der Waals surface area contributed by atoms with Crippen molar-refractivity contribution in [2.24, 2.45) is 0 Å². The van der Waals surface area contributed by atoms with Crippen LogP contribution in [-0.4, -0.2) is 23.8 Å². The van der Waals surface area contributed by atoms with Crippen molar-refractivity contribution in [3.05, 3.63) is 34.3 Å². The monoisotopic (exact) mass is 255 g/mol. The predicted octanol–water partition coefficient (Wildman–Crippen LogP) is 1.71. The molecule has 1 aromatic carbocycles. The van der Waals surface area contributed by atoms with Crippen LogP contribution in [0.5, 0.6) is 0 Å². The van der Waals surface area contributed by atoms with Crippen molar-refractivity contribution in [2.75, 3.05) is 6.54 Å². The molecule has 2 rings (SSSR count). The van der Waals surface area contributed by atoms with Crippen molar-refractivity contribution in [1.29, 1.82) is 0 Å². The van der Waals surface area contributed by atoms with Crippen molar-refractivity contribution < 1.29 is 5.11 Å². The lowest BCUT2D eigenvalue weighted by Crippen LogP contribution is -2.51. The third-order valence-corrected chi connectivity index (χ3v) is 3.15. The van der Waals surface area contributed by atoms with Crippen molar-refractivity contribution in [2.45, 2.75) is 25.0 Å². The van der Waals surface area contributed by atoms with Crippen LogP contribution in [0.15, 0.2) is 28.7 Å². The van der Waals surface area contributed by atoms with E-state index in [2.05, 4.69) is 27.3 Å². The Morgan fingerprint density at radius 1 is 1.57 bits per heavy atom. The Balaban J connectivity index is 1.95. The van der Waals surface area contributed by atoms with E-state index >= 15 is 0 Å². The highest BCUT2D eigenvalue weighted by Gasteiger charge is 2.24. The smallest absolute Gasteiger partial charge is 0.0733 e. The maximum Gasteiger partial charge on any atom is 0.0733 e. The average Bonchev–Trinajstić information content (AvgIpc) is 1.99. The van der Waals surface area contributed by atoms with Crippen LogP contribution in [0.25, 0.3) is 0 Å². The maximum atomic E-state index is 9.84. The maximum absolute atomic E-state index is 9.84. The van der Waals surface area contributed by atoms with Crippen LogP contribution in [0.1, 0.15) is 12.0 Å². The van der Waals surface area contributed by atoms with Crippen LogP contribution >= 0.6 is 15.9 Å². The summed E-state index contributed by atoms with van der Waals surface area (Å²) in [5, 5.41) is 13.1. The summed E-state index contributed by atoms with van der Waals surface area (Å²) in [6.07, 6.45) is 1.57. The highest BCUT2D eigenvalue weighted by atomic mass is 79.9. The standard InChI is InChI=1S/C11H14BrNO/c12-9-3-1-2-8(6-9)7-11(14)10-4-5-13-10/h1-3,6,10-11,13-14H,4-5,7H2. The normalized spacial score (nSPS) is 22.9. The first-order valence-electron chi connectivity index (χ1n) is 4.91. The van der Waals surface area contributed by atoms with Crippen molar-refractivity contribution in [3.63, 3.8) is 0 Å². The van der Waals surface area contributed by atoms with Gasteiger partial charge in [-0.2, -0.15) is 0 Å². The summed E-state index contributed by atoms with van der Waals surface area (Å²) in [5.74, 6) is 0. The Bertz CT molecular complexity index is 312. The molecule has 0 bridgehead atoms. The van der Waals surface area contributed by atoms with Crippen LogP contribution in [0.2, 0.25) is 0 Å². The van der Waals surface area contributed by atoms with Gasteiger partial charge in [0.05, 0.1) is 6.10 Å². The van der Waals surface area contributed by atoms with E-state index in [0.29, 0.717) is 6.04 Å². The third-order valence-electron chi connectivity index (χ3n) is 2.66. The molecule has 0 aliphatic carbocycles. The molecule has 1 aromatic rings. The molecular weight excluding hydrogens is 242 g/mol. The Kier molecular flexibility index (Phi) is 3.21. The second-order valence-electron chi connectivity index (χ2n) is 3.75. The number of halogens is 1. The van der Waals surface area contributed by atoms with Gasteiger partial charge in [0.15, 0.2) is 0 Å². The molecule has 3 heteroatoms. The first-order chi connectivity index (χ1) is 6.75. The lowest BCUT2D eigenvalue weighted by atomic mass is 9.95. The molecule has 2 atom stereocenters. The van der Waals surface area contributed by atoms with Gasteiger partial charge in [0.1, 0.15) is 0 Å². The molecule has 14 heavy (non-hydrogen) atoms. The molecule has 1 aliphatic heterocycles. The summed E-state index contributed by atoms with van der Waals surface area (Å²) in [6.45, 7) is 1.04. The predicted molar refractivity (Wildman–Crippen MR) is 60.3 cm³/mol. The molecule has 76 valence electrons. The van der Waals surface area contributed by atoms with Gasteiger partial charge < -0.3 is 10.4 Å². The van der Waals surface area contributed by atoms with E-state index in [1.165, 1.54) is 5.56 Å². The van der Waals surface area contributed by atoms with Gasteiger partial charge in [-0.25, -0.2) is 0 Å². The largest absolute Gasteiger partial charge is 0.391 e. The van der Waals surface area contributed by atoms with Crippen LogP contribution < -0.4 is 5.32 Å². The minimum absolute atomic E-state index is 0.252. The molecule has 0 saturated carbocycles. The molecule has 1 saturated heterocycles. The summed E-state index contributed by atoms with van der Waals surface area (Å²) in [4.78, 5) is 0. The van der Waals surface area contributed by atoms with Crippen molar-refractivity contribution >= 4 is 15.9 Å². The molecule has 1 heterocycles. The van der Waals surface area contributed by atoms with Crippen LogP contribution in [0.3, 0.4) is 0 Å². The molecule has 1 aliphatic rings. The summed E-state index contributed by atoms with van der Waals surface area (Å²) in [5.41, 5.74) is 1.18. The molecule has 2 N–H and O–H groups in total. The minimum Gasteiger partial charge on any atom is -0.391 e. The van der Waals surface area contributed by atoms with E-state index < -0.39 is 0 Å². The Morgan fingerprint density at radius 3 is 2.93 bits per heavy atom. The van der Waals surface area contributed by atoms with Crippen LogP contribution in [0.4, 0.5) is 0 Å². The lowest BCUT2D eigenvalue weighted by Gasteiger charge is -2.32. The number of hydrogen-bond acceptors (Lipinski definition) is 2. The molecule has 0 radical (unpaired) electrons. The number of nitrogens with one attached hydrogen (secondary N) is 1. The quantitative estimate of drug-likeness (QED) is 0.863. The van der Waals surface area contributed by atoms with E-state index in [0.717, 1.165) is 23.9 Å². The topological polar surface area (TPSA) is 32.3 Å². The second kappa shape index (κ2) is 4.43. The van der Waals surface area contributed by atoms with Crippen LogP contribution in [0, 0.1) is 0 Å². The average molecular weight is 256 g/mol. The zero-order valence-electron chi connectivity index (χ0n) is 7.91. The van der Waals surface area contributed by atoms with E-state index in [9.17, 15) is 5.11 Å². The van der Waals surface area contributed by atoms with Gasteiger partial charge in [-0.1, -0.05) is 28.1 Å². The Hall–Kier alpha value is -0.380.